The molecule has 0 saturated heterocycles. The van der Waals surface area contributed by atoms with Gasteiger partial charge in [0.2, 0.25) is 0 Å². The fourth-order valence-corrected chi connectivity index (χ4v) is 6.31. The Kier molecular flexibility index (Phi) is 5.48. The Balaban J connectivity index is 1.45. The van der Waals surface area contributed by atoms with Crippen molar-refractivity contribution in [3.05, 3.63) is 92.2 Å². The Bertz CT molecular complexity index is 1090. The van der Waals surface area contributed by atoms with E-state index in [9.17, 15) is 13.6 Å². The molecule has 1 atom stereocenters. The third-order valence-corrected chi connectivity index (χ3v) is 7.66. The van der Waals surface area contributed by atoms with Gasteiger partial charge in [0.1, 0.15) is 11.6 Å². The van der Waals surface area contributed by atoms with Crippen molar-refractivity contribution < 1.29 is 13.6 Å². The zero-order valence-corrected chi connectivity index (χ0v) is 18.0. The van der Waals surface area contributed by atoms with Crippen molar-refractivity contribution in [2.24, 2.45) is 0 Å². The van der Waals surface area contributed by atoms with E-state index in [-0.39, 0.29) is 23.7 Å². The van der Waals surface area contributed by atoms with Crippen LogP contribution in [0.3, 0.4) is 0 Å². The number of hydrogen-bond donors (Lipinski definition) is 1. The maximum Gasteiger partial charge on any atom is 0.318 e. The highest BCUT2D eigenvalue weighted by atomic mass is 32.1. The summed E-state index contributed by atoms with van der Waals surface area (Å²) in [6.07, 6.45) is 5.52. The summed E-state index contributed by atoms with van der Waals surface area (Å²) in [4.78, 5) is 17.8. The largest absolute Gasteiger partial charge is 0.334 e. The molecule has 160 valence electrons. The number of fused-ring (bicyclic) bond motifs is 3. The Morgan fingerprint density at radius 1 is 0.935 bits per heavy atom. The van der Waals surface area contributed by atoms with E-state index in [4.69, 9.17) is 0 Å². The molecule has 2 aliphatic rings. The molecule has 3 nitrogen and oxygen atoms in total. The number of carbonyl (C=O) groups is 1. The molecule has 0 saturated carbocycles. The highest BCUT2D eigenvalue weighted by Gasteiger charge is 2.36. The number of nitrogens with zero attached hydrogens (tertiary/aromatic N) is 1. The van der Waals surface area contributed by atoms with E-state index in [0.717, 1.165) is 30.4 Å². The molecule has 0 fully saturated rings. The first-order valence-corrected chi connectivity index (χ1v) is 11.6. The molecule has 5 rings (SSSR count). The molecule has 2 heterocycles. The smallest absolute Gasteiger partial charge is 0.318 e. The molecule has 1 aliphatic heterocycles. The number of urea groups is 1. The van der Waals surface area contributed by atoms with Gasteiger partial charge in [-0.15, -0.1) is 11.3 Å². The second-order valence-corrected chi connectivity index (χ2v) is 9.37. The SMILES string of the molecule is O=C(NCc1ccc(F)cc1)N1CCc2c(sc3c2CCCC3)[C@H]1c1ccc(F)cc1. The fraction of sp³-hybridized carbons (Fsp3) is 0.320. The molecule has 2 aromatic carbocycles. The number of nitrogens with one attached hydrogen (secondary N) is 1. The van der Waals surface area contributed by atoms with E-state index in [1.807, 2.05) is 16.2 Å². The van der Waals surface area contributed by atoms with Crippen LogP contribution in [0.2, 0.25) is 0 Å². The molecule has 0 radical (unpaired) electrons. The minimum atomic E-state index is -0.295. The van der Waals surface area contributed by atoms with E-state index < -0.39 is 0 Å². The van der Waals surface area contributed by atoms with Crippen LogP contribution in [0.25, 0.3) is 0 Å². The Morgan fingerprint density at radius 3 is 2.35 bits per heavy atom. The molecule has 2 amide bonds. The number of benzene rings is 2. The van der Waals surface area contributed by atoms with Crippen molar-refractivity contribution >= 4 is 17.4 Å². The minimum Gasteiger partial charge on any atom is -0.334 e. The fourth-order valence-electron chi connectivity index (χ4n) is 4.73. The first-order valence-electron chi connectivity index (χ1n) is 10.8. The topological polar surface area (TPSA) is 32.3 Å². The lowest BCUT2D eigenvalue weighted by Gasteiger charge is -2.36. The molecular weight excluding hydrogens is 414 g/mol. The summed E-state index contributed by atoms with van der Waals surface area (Å²) in [5, 5.41) is 2.99. The Hall–Kier alpha value is -2.73. The van der Waals surface area contributed by atoms with Crippen LogP contribution >= 0.6 is 11.3 Å². The lowest BCUT2D eigenvalue weighted by atomic mass is 9.88. The number of amides is 2. The summed E-state index contributed by atoms with van der Waals surface area (Å²) in [7, 11) is 0. The summed E-state index contributed by atoms with van der Waals surface area (Å²) < 4.78 is 26.8. The van der Waals surface area contributed by atoms with Crippen LogP contribution in [0.5, 0.6) is 0 Å². The maximum atomic E-state index is 13.6. The van der Waals surface area contributed by atoms with Crippen LogP contribution in [0, 0.1) is 11.6 Å². The van der Waals surface area contributed by atoms with Crippen molar-refractivity contribution in [1.29, 1.82) is 0 Å². The molecule has 1 aromatic heterocycles. The predicted molar refractivity (Wildman–Crippen MR) is 118 cm³/mol. The van der Waals surface area contributed by atoms with Crippen LogP contribution in [0.4, 0.5) is 13.6 Å². The standard InChI is InChI=1S/C25H24F2N2OS/c26-18-9-5-16(6-10-18)15-28-25(30)29-14-13-21-20-3-1-2-4-22(20)31-24(21)23(29)17-7-11-19(27)12-8-17/h5-12,23H,1-4,13-15H2,(H,28,30)/t23-/m1/s1. The number of hydrogen-bond acceptors (Lipinski definition) is 2. The molecule has 1 aliphatic carbocycles. The molecule has 3 aromatic rings. The first-order chi connectivity index (χ1) is 15.1. The first kappa shape index (κ1) is 20.2. The maximum absolute atomic E-state index is 13.6. The van der Waals surface area contributed by atoms with Gasteiger partial charge in [-0.1, -0.05) is 24.3 Å². The second-order valence-electron chi connectivity index (χ2n) is 8.24. The average Bonchev–Trinajstić information content (AvgIpc) is 3.17. The van der Waals surface area contributed by atoms with Gasteiger partial charge in [-0.25, -0.2) is 13.6 Å². The normalized spacial score (nSPS) is 17.7. The molecule has 1 N–H and O–H groups in total. The number of halogens is 2. The van der Waals surface area contributed by atoms with Crippen LogP contribution in [-0.2, 0) is 25.8 Å². The van der Waals surface area contributed by atoms with Gasteiger partial charge in [0, 0.05) is 22.8 Å². The van der Waals surface area contributed by atoms with Gasteiger partial charge >= 0.3 is 6.03 Å². The number of aryl methyl sites for hydroxylation is 1. The van der Waals surface area contributed by atoms with E-state index in [1.54, 1.807) is 24.3 Å². The average molecular weight is 439 g/mol. The lowest BCUT2D eigenvalue weighted by molar-refractivity contribution is 0.180. The van der Waals surface area contributed by atoms with E-state index in [0.29, 0.717) is 13.1 Å². The summed E-state index contributed by atoms with van der Waals surface area (Å²) in [6.45, 7) is 0.951. The van der Waals surface area contributed by atoms with Gasteiger partial charge in [-0.2, -0.15) is 0 Å². The van der Waals surface area contributed by atoms with Gasteiger partial charge in [-0.3, -0.25) is 0 Å². The predicted octanol–water partition coefficient (Wildman–Crippen LogP) is 5.76. The number of rotatable bonds is 3. The van der Waals surface area contributed by atoms with Crippen molar-refractivity contribution in [3.8, 4) is 0 Å². The van der Waals surface area contributed by atoms with Gasteiger partial charge < -0.3 is 10.2 Å². The molecule has 0 bridgehead atoms. The summed E-state index contributed by atoms with van der Waals surface area (Å²) >= 11 is 1.83. The highest BCUT2D eigenvalue weighted by Crippen LogP contribution is 2.45. The van der Waals surface area contributed by atoms with Gasteiger partial charge in [0.15, 0.2) is 0 Å². The number of carbonyl (C=O) groups excluding carboxylic acids is 1. The lowest BCUT2D eigenvalue weighted by Crippen LogP contribution is -2.45. The number of thiophene rings is 1. The van der Waals surface area contributed by atoms with Crippen molar-refractivity contribution in [2.75, 3.05) is 6.54 Å². The zero-order chi connectivity index (χ0) is 21.4. The van der Waals surface area contributed by atoms with Crippen molar-refractivity contribution in [1.82, 2.24) is 10.2 Å². The molecule has 6 heteroatoms. The summed E-state index contributed by atoms with van der Waals surface area (Å²) in [6, 6.07) is 12.3. The second kappa shape index (κ2) is 8.42. The van der Waals surface area contributed by atoms with Gasteiger partial charge in [-0.05, 0) is 78.6 Å². The monoisotopic (exact) mass is 438 g/mol. The highest BCUT2D eigenvalue weighted by molar-refractivity contribution is 7.12. The Morgan fingerprint density at radius 2 is 1.61 bits per heavy atom. The van der Waals surface area contributed by atoms with Crippen LogP contribution in [0.15, 0.2) is 48.5 Å². The molecule has 0 spiro atoms. The van der Waals surface area contributed by atoms with Gasteiger partial charge in [0.25, 0.3) is 0 Å². The minimum absolute atomic E-state index is 0.157. The van der Waals surface area contributed by atoms with Crippen LogP contribution in [-0.4, -0.2) is 17.5 Å². The van der Waals surface area contributed by atoms with Gasteiger partial charge in [0.05, 0.1) is 6.04 Å². The van der Waals surface area contributed by atoms with Crippen LogP contribution < -0.4 is 5.32 Å². The van der Waals surface area contributed by atoms with Crippen molar-refractivity contribution in [3.63, 3.8) is 0 Å². The quantitative estimate of drug-likeness (QED) is 0.554. The molecule has 0 unspecified atom stereocenters. The third kappa shape index (κ3) is 3.97. The third-order valence-electron chi connectivity index (χ3n) is 6.28. The molecular formula is C25H24F2N2OS. The molecule has 31 heavy (non-hydrogen) atoms. The van der Waals surface area contributed by atoms with E-state index >= 15 is 0 Å². The summed E-state index contributed by atoms with van der Waals surface area (Å²) in [5.41, 5.74) is 4.66. The zero-order valence-electron chi connectivity index (χ0n) is 17.2. The summed E-state index contributed by atoms with van der Waals surface area (Å²) in [5.74, 6) is -0.575. The van der Waals surface area contributed by atoms with E-state index in [1.165, 1.54) is 58.0 Å². The van der Waals surface area contributed by atoms with Crippen LogP contribution in [0.1, 0.15) is 50.9 Å². The van der Waals surface area contributed by atoms with Crippen molar-refractivity contribution in [2.45, 2.75) is 44.7 Å². The van der Waals surface area contributed by atoms with E-state index in [2.05, 4.69) is 5.32 Å². The Labute approximate surface area is 184 Å².